The first-order valence-corrected chi connectivity index (χ1v) is 21.9. The first-order valence-electron chi connectivity index (χ1n) is 20.3. The van der Waals surface area contributed by atoms with Gasteiger partial charge in [0.05, 0.1) is 13.7 Å². The van der Waals surface area contributed by atoms with E-state index in [-0.39, 0.29) is 25.9 Å². The minimum absolute atomic E-state index is 0. The number of hydrogen-bond donors (Lipinski definition) is 0. The molecule has 3 aromatic heterocycles. The Bertz CT molecular complexity index is 2820. The summed E-state index contributed by atoms with van der Waals surface area (Å²) in [7, 11) is -1.36. The largest absolute Gasteiger partial charge is 0.500 e. The third-order valence-corrected chi connectivity index (χ3v) is 16.7. The molecule has 0 saturated heterocycles. The molecule has 0 aliphatic heterocycles. The van der Waals surface area contributed by atoms with Gasteiger partial charge in [0.25, 0.3) is 0 Å². The summed E-state index contributed by atoms with van der Waals surface area (Å²) in [4.78, 5) is 9.39. The fraction of sp³-hybridized carbons (Fsp3) is 0.137. The number of pyridine rings is 2. The number of hydrogen-bond acceptors (Lipinski definition) is 3. The molecule has 0 aliphatic rings. The molecule has 0 N–H and O–H groups in total. The van der Waals surface area contributed by atoms with Crippen LogP contribution in [0.1, 0.15) is 34.6 Å². The fourth-order valence-electron chi connectivity index (χ4n) is 7.67. The molecule has 9 rings (SSSR count). The van der Waals surface area contributed by atoms with E-state index in [4.69, 9.17) is 9.40 Å². The second-order valence-electron chi connectivity index (χ2n) is 14.0. The molecule has 0 atom stereocenters. The van der Waals surface area contributed by atoms with Gasteiger partial charge in [-0.1, -0.05) is 165 Å². The number of benzene rings is 6. The van der Waals surface area contributed by atoms with Crippen molar-refractivity contribution in [2.45, 2.75) is 45.3 Å². The Morgan fingerprint density at radius 2 is 1.37 bits per heavy atom. The maximum absolute atomic E-state index is 12.9. The number of aromatic nitrogens is 2. The summed E-state index contributed by atoms with van der Waals surface area (Å²) in [6, 6.07) is 56.1. The van der Waals surface area contributed by atoms with E-state index in [0.717, 1.165) is 49.5 Å². The van der Waals surface area contributed by atoms with E-state index in [2.05, 4.69) is 68.2 Å². The normalized spacial score (nSPS) is 12.1. The number of fused-ring (bicyclic) bond motifs is 5. The predicted octanol–water partition coefficient (Wildman–Crippen LogP) is 13.3. The Labute approximate surface area is 351 Å². The topological polar surface area (TPSA) is 38.9 Å². The van der Waals surface area contributed by atoms with Gasteiger partial charge in [0.2, 0.25) is 0 Å². The minimum Gasteiger partial charge on any atom is -0.500 e. The van der Waals surface area contributed by atoms with Crippen LogP contribution in [-0.4, -0.2) is 18.0 Å². The summed E-state index contributed by atoms with van der Waals surface area (Å²) in [5.41, 5.74) is 7.38. The molecule has 0 spiro atoms. The summed E-state index contributed by atoms with van der Waals surface area (Å²) < 4.78 is 37.8. The smallest absolute Gasteiger partial charge is 0.128 e. The van der Waals surface area contributed by atoms with Crippen molar-refractivity contribution in [3.63, 3.8) is 0 Å². The standard InChI is InChI=1S/C34H22NO.C17H21FNSi.Ir/c1-3-10-23(11-4-1)20-26-21-32(35-22-31(26)24-12-5-2-6-13-24)30-17-9-16-28-29-19-18-25-14-7-8-15-27(25)33(29)36-34(28)30;1-4-20(5-2,6-3)16-11-12-17(19-13-16)14-7-9-15(18)10-8-14;/h1-16,18-19,21-22H,20H2;7,9-13H,4-6H2,1-3H3;/q2*-1;/i20D2;;. The van der Waals surface area contributed by atoms with Gasteiger partial charge in [-0.25, -0.2) is 0 Å². The molecule has 285 valence electrons. The quantitative estimate of drug-likeness (QED) is 0.107. The van der Waals surface area contributed by atoms with Gasteiger partial charge in [-0.3, -0.25) is 4.39 Å². The molecule has 0 saturated carbocycles. The van der Waals surface area contributed by atoms with Crippen molar-refractivity contribution >= 4 is 46.0 Å². The average molecular weight is 941 g/mol. The van der Waals surface area contributed by atoms with Gasteiger partial charge >= 0.3 is 0 Å². The number of halogens is 1. The first kappa shape index (κ1) is 37.1. The Kier molecular flexibility index (Phi) is 11.5. The SMILES string of the molecule is CC[Si](CC)(CC)c1ccc(-c2[c-]cc(F)cc2)nc1.[2H]C([2H])(c1ccccc1)c1cc(-c2[c-]ccc3c2oc2c4ccccc4ccc32)ncc1-c1ccccc1.[Ir]. The molecular weight excluding hydrogens is 896 g/mol. The van der Waals surface area contributed by atoms with Crippen molar-refractivity contribution in [2.75, 3.05) is 0 Å². The van der Waals surface area contributed by atoms with Gasteiger partial charge in [0.1, 0.15) is 5.58 Å². The van der Waals surface area contributed by atoms with Gasteiger partial charge in [0, 0.05) is 57.4 Å². The summed E-state index contributed by atoms with van der Waals surface area (Å²) in [5.74, 6) is -0.264. The van der Waals surface area contributed by atoms with E-state index in [9.17, 15) is 7.13 Å². The Balaban J connectivity index is 0.000000214. The van der Waals surface area contributed by atoms with Crippen LogP contribution in [-0.2, 0) is 26.5 Å². The molecule has 57 heavy (non-hydrogen) atoms. The molecule has 0 amide bonds. The van der Waals surface area contributed by atoms with Crippen LogP contribution in [0.15, 0.2) is 162 Å². The zero-order valence-electron chi connectivity index (χ0n) is 34.1. The average Bonchev–Trinajstić information content (AvgIpc) is 3.68. The van der Waals surface area contributed by atoms with Crippen molar-refractivity contribution in [3.8, 4) is 33.6 Å². The monoisotopic (exact) mass is 941 g/mol. The molecular formula is C51H43FIrN2OSi-2. The van der Waals surface area contributed by atoms with E-state index < -0.39 is 14.4 Å². The van der Waals surface area contributed by atoms with Crippen molar-refractivity contribution in [3.05, 3.63) is 187 Å². The molecule has 0 fully saturated rings. The number of rotatable bonds is 9. The minimum atomic E-state index is -1.75. The number of nitrogens with zero attached hydrogens (tertiary/aromatic N) is 2. The Morgan fingerprint density at radius 1 is 0.667 bits per heavy atom. The van der Waals surface area contributed by atoms with Crippen LogP contribution in [0.25, 0.3) is 66.4 Å². The van der Waals surface area contributed by atoms with E-state index in [1.54, 1.807) is 12.3 Å². The second-order valence-corrected chi connectivity index (χ2v) is 19.3. The van der Waals surface area contributed by atoms with Crippen LogP contribution in [0.4, 0.5) is 4.39 Å². The molecule has 0 aliphatic carbocycles. The van der Waals surface area contributed by atoms with E-state index in [1.807, 2.05) is 103 Å². The van der Waals surface area contributed by atoms with Gasteiger partial charge in [-0.2, -0.15) is 0 Å². The zero-order chi connectivity index (χ0) is 40.3. The van der Waals surface area contributed by atoms with Gasteiger partial charge < -0.3 is 14.4 Å². The van der Waals surface area contributed by atoms with Gasteiger partial charge in [0.15, 0.2) is 0 Å². The molecule has 0 bridgehead atoms. The fourth-order valence-corrected chi connectivity index (χ4v) is 11.2. The second kappa shape index (κ2) is 17.7. The molecule has 0 unspecified atom stereocenters. The van der Waals surface area contributed by atoms with Crippen molar-refractivity contribution in [1.82, 2.24) is 9.97 Å². The van der Waals surface area contributed by atoms with Crippen molar-refractivity contribution in [1.29, 1.82) is 0 Å². The van der Waals surface area contributed by atoms with Crippen LogP contribution in [0.2, 0.25) is 18.1 Å². The molecule has 6 heteroatoms. The van der Waals surface area contributed by atoms with E-state index >= 15 is 0 Å². The third-order valence-electron chi connectivity index (χ3n) is 11.1. The number of furan rings is 1. The summed E-state index contributed by atoms with van der Waals surface area (Å²) in [6.45, 7) is 6.88. The summed E-state index contributed by atoms with van der Waals surface area (Å²) in [6.07, 6.45) is 2.04. The van der Waals surface area contributed by atoms with Crippen LogP contribution in [0.5, 0.6) is 0 Å². The van der Waals surface area contributed by atoms with Gasteiger partial charge in [-0.05, 0) is 45.0 Å². The summed E-state index contributed by atoms with van der Waals surface area (Å²) >= 11 is 0. The molecule has 3 nitrogen and oxygen atoms in total. The Morgan fingerprint density at radius 3 is 2.07 bits per heavy atom. The summed E-state index contributed by atoms with van der Waals surface area (Å²) in [5, 5.41) is 5.63. The molecule has 6 aromatic carbocycles. The van der Waals surface area contributed by atoms with Crippen LogP contribution >= 0.6 is 0 Å². The van der Waals surface area contributed by atoms with Crippen LogP contribution < -0.4 is 5.19 Å². The predicted molar refractivity (Wildman–Crippen MR) is 233 cm³/mol. The van der Waals surface area contributed by atoms with Gasteiger partial charge in [-0.15, -0.1) is 48.0 Å². The molecule has 9 aromatic rings. The van der Waals surface area contributed by atoms with Crippen molar-refractivity contribution < 1.29 is 31.7 Å². The third kappa shape index (κ3) is 8.17. The zero-order valence-corrected chi connectivity index (χ0v) is 35.5. The molecule has 3 heterocycles. The molecule has 1 radical (unpaired) electrons. The first-order chi connectivity index (χ1) is 28.3. The maximum atomic E-state index is 12.9. The maximum Gasteiger partial charge on any atom is 0.128 e. The van der Waals surface area contributed by atoms with Crippen molar-refractivity contribution in [2.24, 2.45) is 0 Å². The van der Waals surface area contributed by atoms with Crippen LogP contribution in [0.3, 0.4) is 0 Å². The van der Waals surface area contributed by atoms with E-state index in [1.165, 1.54) is 35.5 Å². The van der Waals surface area contributed by atoms with E-state index in [0.29, 0.717) is 28.0 Å². The van der Waals surface area contributed by atoms with Crippen LogP contribution in [0, 0.1) is 17.9 Å². The Hall–Kier alpha value is -5.52.